The van der Waals surface area contributed by atoms with Gasteiger partial charge < -0.3 is 34.5 Å². The van der Waals surface area contributed by atoms with Crippen LogP contribution in [0.2, 0.25) is 0 Å². The Bertz CT molecular complexity index is 1660. The van der Waals surface area contributed by atoms with Crippen LogP contribution < -0.4 is 25.3 Å². The summed E-state index contributed by atoms with van der Waals surface area (Å²) in [6.07, 6.45) is 2.23. The molecule has 3 N–H and O–H groups in total. The molecule has 4 aromatic rings. The third kappa shape index (κ3) is 4.97. The van der Waals surface area contributed by atoms with Crippen molar-refractivity contribution in [1.82, 2.24) is 14.5 Å². The van der Waals surface area contributed by atoms with E-state index in [0.717, 1.165) is 23.7 Å². The number of Topliss-reactive ketones (excluding diaryl/α,β-unsaturated/α-hetero) is 1. The molecule has 2 aromatic heterocycles. The number of anilines is 3. The van der Waals surface area contributed by atoms with Crippen molar-refractivity contribution in [1.29, 1.82) is 0 Å². The zero-order chi connectivity index (χ0) is 29.5. The third-order valence-electron chi connectivity index (χ3n) is 7.71. The number of nitrogens with one attached hydrogen (secondary N) is 1. The smallest absolute Gasteiger partial charge is 0.489 e. The van der Waals surface area contributed by atoms with Crippen LogP contribution in [0.1, 0.15) is 16.2 Å². The van der Waals surface area contributed by atoms with Gasteiger partial charge in [-0.05, 0) is 24.6 Å². The van der Waals surface area contributed by atoms with Crippen molar-refractivity contribution in [3.8, 4) is 16.9 Å². The maximum absolute atomic E-state index is 13.4. The molecule has 1 fully saturated rings. The number of carbonyl (C=O) groups excluding carboxylic acids is 2. The summed E-state index contributed by atoms with van der Waals surface area (Å²) in [5.74, 6) is -1.36. The van der Waals surface area contributed by atoms with Crippen molar-refractivity contribution in [2.45, 2.75) is 13.0 Å². The van der Waals surface area contributed by atoms with Crippen molar-refractivity contribution < 1.29 is 28.8 Å². The first-order valence-electron chi connectivity index (χ1n) is 13.4. The van der Waals surface area contributed by atoms with Crippen LogP contribution in [0.5, 0.6) is 5.75 Å². The van der Waals surface area contributed by atoms with Crippen molar-refractivity contribution in [2.75, 3.05) is 41.4 Å². The molecule has 0 spiro atoms. The number of aromatic nitrogens is 3. The molecule has 1 saturated heterocycles. The Morgan fingerprint density at radius 1 is 1.10 bits per heavy atom. The number of hydrogen-bond acceptors (Lipinski definition) is 9. The van der Waals surface area contributed by atoms with Crippen LogP contribution in [0.25, 0.3) is 11.1 Å². The molecule has 2 aliphatic heterocycles. The molecular formula is C29H28BFN6O5. The molecule has 11 nitrogen and oxygen atoms in total. The van der Waals surface area contributed by atoms with Gasteiger partial charge in [0.1, 0.15) is 18.1 Å². The molecule has 214 valence electrons. The van der Waals surface area contributed by atoms with E-state index in [9.17, 15) is 24.0 Å². The van der Waals surface area contributed by atoms with Gasteiger partial charge in [0.2, 0.25) is 5.95 Å². The number of nitrogens with zero attached hydrogens (tertiary/aromatic N) is 5. The summed E-state index contributed by atoms with van der Waals surface area (Å²) in [7, 11) is -0.138. The van der Waals surface area contributed by atoms with E-state index in [1.54, 1.807) is 17.7 Å². The summed E-state index contributed by atoms with van der Waals surface area (Å²) in [4.78, 5) is 38.7. The number of carbonyl (C=O) groups is 2. The Kier molecular flexibility index (Phi) is 7.13. The lowest BCUT2D eigenvalue weighted by Crippen LogP contribution is -2.59. The molecular weight excluding hydrogens is 542 g/mol. The molecule has 0 radical (unpaired) electrons. The molecule has 0 bridgehead atoms. The van der Waals surface area contributed by atoms with E-state index < -0.39 is 24.6 Å². The van der Waals surface area contributed by atoms with Gasteiger partial charge in [0.25, 0.3) is 11.7 Å². The van der Waals surface area contributed by atoms with Gasteiger partial charge in [-0.2, -0.15) is 0 Å². The highest BCUT2D eigenvalue weighted by molar-refractivity contribution is 6.61. The number of rotatable bonds is 6. The minimum atomic E-state index is -1.87. The van der Waals surface area contributed by atoms with Gasteiger partial charge >= 0.3 is 7.12 Å². The van der Waals surface area contributed by atoms with E-state index in [1.807, 2.05) is 53.1 Å². The second kappa shape index (κ2) is 10.9. The summed E-state index contributed by atoms with van der Waals surface area (Å²) in [6, 6.07) is 14.1. The highest BCUT2D eigenvalue weighted by atomic mass is 19.1. The lowest BCUT2D eigenvalue weighted by molar-refractivity contribution is -0.112. The summed E-state index contributed by atoms with van der Waals surface area (Å²) in [5.41, 5.74) is 3.34. The van der Waals surface area contributed by atoms with Crippen LogP contribution in [0, 0.1) is 12.7 Å². The number of amides is 1. The summed E-state index contributed by atoms with van der Waals surface area (Å²) in [6.45, 7) is 3.59. The predicted molar refractivity (Wildman–Crippen MR) is 156 cm³/mol. The van der Waals surface area contributed by atoms with E-state index in [4.69, 9.17) is 4.74 Å². The SMILES string of the molecule is Cc1cc(-c2ccccc2)c(C(=O)C(=O)Nc2cc3c(c(B(O)O)c2)N2CCN(c4ncc(F)cn4)CC2CO3)n1C. The molecule has 13 heteroatoms. The maximum Gasteiger partial charge on any atom is 0.490 e. The number of fused-ring (bicyclic) bond motifs is 3. The molecule has 6 rings (SSSR count). The fourth-order valence-electron chi connectivity index (χ4n) is 5.58. The van der Waals surface area contributed by atoms with Crippen LogP contribution in [0.4, 0.5) is 21.7 Å². The fourth-order valence-corrected chi connectivity index (χ4v) is 5.58. The fraction of sp³-hybridized carbons (Fsp3) is 0.241. The zero-order valence-corrected chi connectivity index (χ0v) is 23.0. The third-order valence-corrected chi connectivity index (χ3v) is 7.71. The average molecular weight is 570 g/mol. The van der Waals surface area contributed by atoms with Crippen LogP contribution in [0.3, 0.4) is 0 Å². The molecule has 2 aliphatic rings. The van der Waals surface area contributed by atoms with Crippen LogP contribution in [-0.4, -0.2) is 75.7 Å². The first kappa shape index (κ1) is 27.4. The predicted octanol–water partition coefficient (Wildman–Crippen LogP) is 1.52. The summed E-state index contributed by atoms with van der Waals surface area (Å²) >= 11 is 0. The summed E-state index contributed by atoms with van der Waals surface area (Å²) in [5, 5.41) is 23.2. The van der Waals surface area contributed by atoms with Gasteiger partial charge in [0, 0.05) is 55.2 Å². The largest absolute Gasteiger partial charge is 0.490 e. The van der Waals surface area contributed by atoms with Gasteiger partial charge in [0.15, 0.2) is 5.82 Å². The highest BCUT2D eigenvalue weighted by Gasteiger charge is 2.38. The van der Waals surface area contributed by atoms with Gasteiger partial charge in [-0.3, -0.25) is 9.59 Å². The molecule has 42 heavy (non-hydrogen) atoms. The van der Waals surface area contributed by atoms with Crippen LogP contribution in [0.15, 0.2) is 60.9 Å². The number of ether oxygens (including phenoxy) is 1. The number of piperazine rings is 1. The normalized spacial score (nSPS) is 15.9. The molecule has 1 atom stereocenters. The van der Waals surface area contributed by atoms with Crippen molar-refractivity contribution in [3.05, 3.63) is 78.1 Å². The quantitative estimate of drug-likeness (QED) is 0.179. The lowest BCUT2D eigenvalue weighted by atomic mass is 9.77. The Morgan fingerprint density at radius 3 is 2.55 bits per heavy atom. The average Bonchev–Trinajstić information content (AvgIpc) is 3.30. The first-order chi connectivity index (χ1) is 20.2. The Hall–Kier alpha value is -4.75. The number of hydrogen-bond donors (Lipinski definition) is 3. The van der Waals surface area contributed by atoms with E-state index >= 15 is 0 Å². The van der Waals surface area contributed by atoms with Gasteiger partial charge in [0.05, 0.1) is 24.1 Å². The van der Waals surface area contributed by atoms with Gasteiger partial charge in [-0.15, -0.1) is 0 Å². The van der Waals surface area contributed by atoms with Crippen LogP contribution >= 0.6 is 0 Å². The minimum Gasteiger partial charge on any atom is -0.489 e. The van der Waals surface area contributed by atoms with Crippen molar-refractivity contribution >= 4 is 41.6 Å². The van der Waals surface area contributed by atoms with Crippen molar-refractivity contribution in [3.63, 3.8) is 0 Å². The van der Waals surface area contributed by atoms with E-state index in [2.05, 4.69) is 15.3 Å². The van der Waals surface area contributed by atoms with Gasteiger partial charge in [-0.1, -0.05) is 30.3 Å². The lowest BCUT2D eigenvalue weighted by Gasteiger charge is -2.46. The Morgan fingerprint density at radius 2 is 1.83 bits per heavy atom. The molecule has 1 amide bonds. The second-order valence-corrected chi connectivity index (χ2v) is 10.3. The zero-order valence-electron chi connectivity index (χ0n) is 23.0. The number of halogens is 1. The molecule has 0 aliphatic carbocycles. The minimum absolute atomic E-state index is 0.131. The number of aryl methyl sites for hydroxylation is 1. The van der Waals surface area contributed by atoms with E-state index in [0.29, 0.717) is 42.6 Å². The topological polar surface area (TPSA) is 133 Å². The maximum atomic E-state index is 13.4. The van der Waals surface area contributed by atoms with E-state index in [-0.39, 0.29) is 29.5 Å². The van der Waals surface area contributed by atoms with Gasteiger partial charge in [-0.25, -0.2) is 14.4 Å². The first-order valence-corrected chi connectivity index (χ1v) is 13.4. The van der Waals surface area contributed by atoms with E-state index in [1.165, 1.54) is 6.07 Å². The monoisotopic (exact) mass is 570 g/mol. The standard InChI is InChI=1S/C29H28BFN6O5/c1-17-10-22(18-6-4-3-5-7-18)25(35(17)2)27(38)28(39)34-20-11-23(30(40)41)26-24(12-20)42-16-21-15-36(8-9-37(21)26)29-32-13-19(31)14-33-29/h3-7,10-14,21,40-41H,8-9,15-16H2,1-2H3,(H,34,39). The Labute approximate surface area is 241 Å². The highest BCUT2D eigenvalue weighted by Crippen LogP contribution is 2.37. The molecule has 1 unspecified atom stereocenters. The van der Waals surface area contributed by atoms with Crippen molar-refractivity contribution in [2.24, 2.45) is 7.05 Å². The summed E-state index contributed by atoms with van der Waals surface area (Å²) < 4.78 is 21.0. The number of ketones is 1. The Balaban J connectivity index is 1.25. The second-order valence-electron chi connectivity index (χ2n) is 10.3. The molecule has 0 saturated carbocycles. The van der Waals surface area contributed by atoms with Crippen LogP contribution in [-0.2, 0) is 11.8 Å². The molecule has 4 heterocycles. The molecule has 2 aromatic carbocycles. The number of benzene rings is 2.